The average molecular weight is 661 g/mol. The van der Waals surface area contributed by atoms with Gasteiger partial charge in [-0.15, -0.1) is 0 Å². The fourth-order valence-electron chi connectivity index (χ4n) is 5.19. The van der Waals surface area contributed by atoms with Crippen molar-refractivity contribution in [2.45, 2.75) is 23.9 Å². The number of alkyl halides is 3. The summed E-state index contributed by atoms with van der Waals surface area (Å²) >= 11 is 0. The molecule has 0 spiro atoms. The number of rotatable bonds is 12. The Morgan fingerprint density at radius 2 is 1.64 bits per heavy atom. The maximum atomic E-state index is 13.6. The van der Waals surface area contributed by atoms with E-state index in [0.29, 0.717) is 29.6 Å². The van der Waals surface area contributed by atoms with Crippen molar-refractivity contribution >= 4 is 32.4 Å². The molecule has 47 heavy (non-hydrogen) atoms. The number of hydrogen-bond acceptors (Lipinski definition) is 6. The third-order valence-electron chi connectivity index (χ3n) is 7.67. The van der Waals surface area contributed by atoms with E-state index in [1.807, 2.05) is 0 Å². The van der Waals surface area contributed by atoms with Gasteiger partial charge in [-0.2, -0.15) is 13.2 Å². The number of Topliss-reactive ketones (excluding diaryl/α,β-unsaturated/α-hetero) is 1. The van der Waals surface area contributed by atoms with Gasteiger partial charge in [-0.1, -0.05) is 60.7 Å². The molecule has 242 valence electrons. The molecule has 0 radical (unpaired) electrons. The molecular formula is C36H31F3N2O5S. The molecule has 1 atom stereocenters. The summed E-state index contributed by atoms with van der Waals surface area (Å²) in [5, 5.41) is 9.91. The number of hydrogen-bond donors (Lipinski definition) is 2. The minimum absolute atomic E-state index is 0.0166. The Morgan fingerprint density at radius 3 is 2.32 bits per heavy atom. The molecule has 0 saturated carbocycles. The Bertz CT molecular complexity index is 2030. The van der Waals surface area contributed by atoms with Crippen molar-refractivity contribution in [2.24, 2.45) is 5.92 Å². The number of nitrogens with zero attached hydrogens (tertiary/aromatic N) is 1. The van der Waals surface area contributed by atoms with Gasteiger partial charge in [0.1, 0.15) is 11.4 Å². The van der Waals surface area contributed by atoms with Crippen molar-refractivity contribution in [1.29, 1.82) is 0 Å². The monoisotopic (exact) mass is 660 g/mol. The molecule has 0 bridgehead atoms. The van der Waals surface area contributed by atoms with Crippen LogP contribution in [0, 0.1) is 5.92 Å². The molecule has 0 fully saturated rings. The van der Waals surface area contributed by atoms with E-state index in [0.717, 1.165) is 17.7 Å². The van der Waals surface area contributed by atoms with Gasteiger partial charge in [-0.25, -0.2) is 13.4 Å². The number of pyridine rings is 1. The minimum atomic E-state index is -4.55. The van der Waals surface area contributed by atoms with Gasteiger partial charge in [0.15, 0.2) is 5.78 Å². The highest BCUT2D eigenvalue weighted by Gasteiger charge is 2.30. The second kappa shape index (κ2) is 13.8. The molecule has 0 saturated heterocycles. The number of carbonyl (C=O) groups excluding carboxylic acids is 1. The summed E-state index contributed by atoms with van der Waals surface area (Å²) in [7, 11) is -2.58. The Balaban J connectivity index is 1.52. The predicted octanol–water partition coefficient (Wildman–Crippen LogP) is 8.06. The van der Waals surface area contributed by atoms with Crippen LogP contribution in [0.5, 0.6) is 5.75 Å². The molecule has 7 nitrogen and oxygen atoms in total. The summed E-state index contributed by atoms with van der Waals surface area (Å²) in [6.07, 6.45) is -4.14. The number of fused-ring (bicyclic) bond motifs is 1. The van der Waals surface area contributed by atoms with Crippen LogP contribution in [0.25, 0.3) is 22.0 Å². The summed E-state index contributed by atoms with van der Waals surface area (Å²) in [6, 6.07) is 25.1. The Hall–Kier alpha value is -5.00. The van der Waals surface area contributed by atoms with Gasteiger partial charge in [-0.3, -0.25) is 9.52 Å². The number of nitrogens with one attached hydrogen (secondary N) is 1. The van der Waals surface area contributed by atoms with Gasteiger partial charge in [0.05, 0.1) is 28.3 Å². The van der Waals surface area contributed by atoms with Gasteiger partial charge < -0.3 is 9.84 Å². The third kappa shape index (κ3) is 8.05. The molecule has 11 heteroatoms. The lowest BCUT2D eigenvalue weighted by atomic mass is 9.89. The van der Waals surface area contributed by atoms with Crippen molar-refractivity contribution < 1.29 is 36.2 Å². The standard InChI is InChI=1S/C36H31F3N2O5S/c1-23(27(22-46-2)18-24-11-14-29(42)15-12-24)17-35(43)34-21-33(41-47(44,45)30-9-4-3-5-10-30)31-20-26(13-16-32(31)40-34)25-7-6-8-28(19-25)36(37,38)39/h3-16,19-21,27,42H,1,17-18,22H2,2H3,(H,40,41). The van der Waals surface area contributed by atoms with Gasteiger partial charge in [0.2, 0.25) is 0 Å². The molecule has 0 aliphatic heterocycles. The summed E-state index contributed by atoms with van der Waals surface area (Å²) < 4.78 is 75.0. The molecule has 1 aromatic heterocycles. The zero-order valence-corrected chi connectivity index (χ0v) is 26.1. The van der Waals surface area contributed by atoms with Gasteiger partial charge >= 0.3 is 6.18 Å². The summed E-state index contributed by atoms with van der Waals surface area (Å²) in [4.78, 5) is 18.1. The maximum Gasteiger partial charge on any atom is 0.416 e. The average Bonchev–Trinajstić information content (AvgIpc) is 3.05. The number of anilines is 1. The minimum Gasteiger partial charge on any atom is -0.508 e. The van der Waals surface area contributed by atoms with Gasteiger partial charge in [-0.05, 0) is 77.7 Å². The molecular weight excluding hydrogens is 629 g/mol. The second-order valence-electron chi connectivity index (χ2n) is 11.1. The van der Waals surface area contributed by atoms with E-state index < -0.39 is 27.5 Å². The number of aromatic nitrogens is 1. The number of carbonyl (C=O) groups is 1. The number of phenolic OH excluding ortho intramolecular Hbond substituents is 1. The molecule has 1 unspecified atom stereocenters. The van der Waals surface area contributed by atoms with Crippen molar-refractivity contribution in [3.8, 4) is 16.9 Å². The Kier molecular flexibility index (Phi) is 9.78. The number of halogens is 3. The first-order valence-electron chi connectivity index (χ1n) is 14.5. The van der Waals surface area contributed by atoms with E-state index >= 15 is 0 Å². The number of sulfonamides is 1. The van der Waals surface area contributed by atoms with Crippen LogP contribution in [0.15, 0.2) is 120 Å². The summed E-state index contributed by atoms with van der Waals surface area (Å²) in [5.41, 5.74) is 1.63. The zero-order chi connectivity index (χ0) is 33.8. The van der Waals surface area contributed by atoms with Crippen LogP contribution in [0.4, 0.5) is 18.9 Å². The molecule has 0 aliphatic rings. The van der Waals surface area contributed by atoms with E-state index in [4.69, 9.17) is 4.74 Å². The lowest BCUT2D eigenvalue weighted by molar-refractivity contribution is -0.137. The Labute approximate surface area is 270 Å². The number of aromatic hydroxyl groups is 1. The topological polar surface area (TPSA) is 106 Å². The molecule has 4 aromatic carbocycles. The summed E-state index contributed by atoms with van der Waals surface area (Å²) in [5.74, 6) is -0.514. The molecule has 0 amide bonds. The largest absolute Gasteiger partial charge is 0.508 e. The molecule has 1 heterocycles. The van der Waals surface area contributed by atoms with Crippen LogP contribution >= 0.6 is 0 Å². The first-order valence-corrected chi connectivity index (χ1v) is 16.0. The van der Waals surface area contributed by atoms with Crippen molar-refractivity contribution in [3.63, 3.8) is 0 Å². The number of ether oxygens (including phenoxy) is 1. The van der Waals surface area contributed by atoms with Crippen LogP contribution in [-0.2, 0) is 27.4 Å². The first kappa shape index (κ1) is 33.4. The zero-order valence-electron chi connectivity index (χ0n) is 25.3. The van der Waals surface area contributed by atoms with Crippen LogP contribution in [-0.4, -0.2) is 38.0 Å². The van der Waals surface area contributed by atoms with E-state index in [1.54, 1.807) is 61.7 Å². The van der Waals surface area contributed by atoms with E-state index in [1.165, 1.54) is 36.4 Å². The van der Waals surface area contributed by atoms with E-state index in [-0.39, 0.29) is 45.4 Å². The molecule has 5 rings (SSSR count). The number of phenols is 1. The SMILES string of the molecule is C=C(CC(=O)c1cc(NS(=O)(=O)c2ccccc2)c2cc(-c3cccc(C(F)(F)F)c3)ccc2n1)C(COC)Cc1ccc(O)cc1. The molecule has 0 aliphatic carbocycles. The predicted molar refractivity (Wildman–Crippen MR) is 175 cm³/mol. The van der Waals surface area contributed by atoms with Crippen LogP contribution in [0.1, 0.15) is 28.0 Å². The Morgan fingerprint density at radius 1 is 0.936 bits per heavy atom. The highest BCUT2D eigenvalue weighted by atomic mass is 32.2. The lowest BCUT2D eigenvalue weighted by Gasteiger charge is -2.19. The fourth-order valence-corrected chi connectivity index (χ4v) is 6.28. The van der Waals surface area contributed by atoms with Crippen molar-refractivity contribution in [1.82, 2.24) is 4.98 Å². The van der Waals surface area contributed by atoms with Crippen LogP contribution in [0.3, 0.4) is 0 Å². The number of benzene rings is 4. The van der Waals surface area contributed by atoms with E-state index in [2.05, 4.69) is 16.3 Å². The normalized spacial score (nSPS) is 12.5. The smallest absolute Gasteiger partial charge is 0.416 e. The second-order valence-corrected chi connectivity index (χ2v) is 12.7. The third-order valence-corrected chi connectivity index (χ3v) is 9.05. The van der Waals surface area contributed by atoms with Gasteiger partial charge in [0, 0.05) is 24.8 Å². The molecule has 5 aromatic rings. The number of ketones is 1. The van der Waals surface area contributed by atoms with Crippen molar-refractivity contribution in [2.75, 3.05) is 18.4 Å². The van der Waals surface area contributed by atoms with Crippen LogP contribution in [0.2, 0.25) is 0 Å². The van der Waals surface area contributed by atoms with Gasteiger partial charge in [0.25, 0.3) is 10.0 Å². The fraction of sp³-hybridized carbons (Fsp3) is 0.167. The highest BCUT2D eigenvalue weighted by Crippen LogP contribution is 2.35. The highest BCUT2D eigenvalue weighted by molar-refractivity contribution is 7.92. The lowest BCUT2D eigenvalue weighted by Crippen LogP contribution is -2.17. The summed E-state index contributed by atoms with van der Waals surface area (Å²) in [6.45, 7) is 4.43. The van der Waals surface area contributed by atoms with Crippen LogP contribution < -0.4 is 4.72 Å². The molecule has 2 N–H and O–H groups in total. The van der Waals surface area contributed by atoms with Crippen molar-refractivity contribution in [3.05, 3.63) is 132 Å². The van der Waals surface area contributed by atoms with E-state index in [9.17, 15) is 31.5 Å². The first-order chi connectivity index (χ1) is 22.3. The maximum absolute atomic E-state index is 13.6. The quantitative estimate of drug-likeness (QED) is 0.104. The number of methoxy groups -OCH3 is 1.